The standard InChI is InChI=1S/C34H31N5O/c1-3-24-20-27(15-16-29(24)25-11-5-4-6-12-25)36-34(40)39-19-17-31-30(22-39)32(28-14-8-7-10-23(28)2)38-33(37-31)26-13-9-18-35-21-26/h4-16,18,20-21H,3,17,19,22H2,1-2H3,(H,36,40). The van der Waals surface area contributed by atoms with Crippen LogP contribution in [-0.4, -0.2) is 32.4 Å². The molecule has 6 nitrogen and oxygen atoms in total. The lowest BCUT2D eigenvalue weighted by molar-refractivity contribution is 0.206. The summed E-state index contributed by atoms with van der Waals surface area (Å²) in [6.07, 6.45) is 5.07. The van der Waals surface area contributed by atoms with Crippen LogP contribution in [0.15, 0.2) is 97.3 Å². The Hall–Kier alpha value is -4.84. The largest absolute Gasteiger partial charge is 0.322 e. The van der Waals surface area contributed by atoms with E-state index in [4.69, 9.17) is 9.97 Å². The third kappa shape index (κ3) is 5.08. The molecule has 0 saturated carbocycles. The maximum absolute atomic E-state index is 13.5. The Morgan fingerprint density at radius 1 is 0.900 bits per heavy atom. The van der Waals surface area contributed by atoms with Crippen LogP contribution in [-0.2, 0) is 19.4 Å². The van der Waals surface area contributed by atoms with E-state index in [1.54, 1.807) is 12.4 Å². The first-order chi connectivity index (χ1) is 19.6. The highest BCUT2D eigenvalue weighted by Crippen LogP contribution is 2.33. The first-order valence-corrected chi connectivity index (χ1v) is 13.7. The minimum Gasteiger partial charge on any atom is -0.320 e. The van der Waals surface area contributed by atoms with E-state index >= 15 is 0 Å². The summed E-state index contributed by atoms with van der Waals surface area (Å²) in [7, 11) is 0. The number of nitrogens with one attached hydrogen (secondary N) is 1. The van der Waals surface area contributed by atoms with Gasteiger partial charge in [-0.3, -0.25) is 4.98 Å². The number of nitrogens with zero attached hydrogens (tertiary/aromatic N) is 4. The zero-order chi connectivity index (χ0) is 27.5. The summed E-state index contributed by atoms with van der Waals surface area (Å²) in [5.41, 5.74) is 10.3. The van der Waals surface area contributed by atoms with Crippen LogP contribution in [0, 0.1) is 6.92 Å². The number of amides is 2. The minimum absolute atomic E-state index is 0.118. The molecule has 0 atom stereocenters. The van der Waals surface area contributed by atoms with Crippen LogP contribution >= 0.6 is 0 Å². The molecule has 6 heteroatoms. The van der Waals surface area contributed by atoms with Crippen molar-refractivity contribution in [3.05, 3.63) is 120 Å². The van der Waals surface area contributed by atoms with Gasteiger partial charge in [0.05, 0.1) is 17.9 Å². The predicted octanol–water partition coefficient (Wildman–Crippen LogP) is 7.33. The Morgan fingerprint density at radius 3 is 2.48 bits per heavy atom. The number of benzene rings is 3. The fourth-order valence-corrected chi connectivity index (χ4v) is 5.34. The summed E-state index contributed by atoms with van der Waals surface area (Å²) in [5, 5.41) is 3.14. The van der Waals surface area contributed by atoms with Crippen LogP contribution in [0.1, 0.15) is 29.3 Å². The molecule has 0 spiro atoms. The van der Waals surface area contributed by atoms with E-state index in [9.17, 15) is 4.79 Å². The smallest absolute Gasteiger partial charge is 0.320 e. The molecule has 40 heavy (non-hydrogen) atoms. The van der Waals surface area contributed by atoms with Gasteiger partial charge in [-0.05, 0) is 59.9 Å². The summed E-state index contributed by atoms with van der Waals surface area (Å²) in [6.45, 7) is 5.26. The molecule has 1 N–H and O–H groups in total. The van der Waals surface area contributed by atoms with E-state index in [1.807, 2.05) is 53.4 Å². The van der Waals surface area contributed by atoms with Crippen LogP contribution in [0.3, 0.4) is 0 Å². The van der Waals surface area contributed by atoms with Crippen molar-refractivity contribution >= 4 is 11.7 Å². The van der Waals surface area contributed by atoms with Crippen molar-refractivity contribution in [3.63, 3.8) is 0 Å². The van der Waals surface area contributed by atoms with Gasteiger partial charge in [0.1, 0.15) is 0 Å². The van der Waals surface area contributed by atoms with Gasteiger partial charge >= 0.3 is 6.03 Å². The summed E-state index contributed by atoms with van der Waals surface area (Å²) in [4.78, 5) is 29.6. The highest BCUT2D eigenvalue weighted by molar-refractivity contribution is 5.90. The Morgan fingerprint density at radius 2 is 1.70 bits per heavy atom. The molecule has 3 aromatic carbocycles. The molecule has 0 fully saturated rings. The average molecular weight is 526 g/mol. The number of carbonyl (C=O) groups excluding carboxylic acids is 1. The molecule has 198 valence electrons. The number of aromatic nitrogens is 3. The van der Waals surface area contributed by atoms with E-state index in [0.29, 0.717) is 25.3 Å². The van der Waals surface area contributed by atoms with Crippen molar-refractivity contribution in [2.24, 2.45) is 0 Å². The third-order valence-corrected chi connectivity index (χ3v) is 7.49. The molecule has 5 aromatic rings. The number of hydrogen-bond donors (Lipinski definition) is 1. The van der Waals surface area contributed by atoms with Gasteiger partial charge in [0.2, 0.25) is 0 Å². The molecule has 3 heterocycles. The second-order valence-electron chi connectivity index (χ2n) is 10.1. The lowest BCUT2D eigenvalue weighted by atomic mass is 9.96. The lowest BCUT2D eigenvalue weighted by Crippen LogP contribution is -2.39. The van der Waals surface area contributed by atoms with Crippen LogP contribution in [0.25, 0.3) is 33.8 Å². The van der Waals surface area contributed by atoms with Crippen molar-refractivity contribution < 1.29 is 4.79 Å². The number of carbonyl (C=O) groups is 1. The maximum atomic E-state index is 13.5. The fraction of sp³-hybridized carbons (Fsp3) is 0.176. The molecule has 2 amide bonds. The second-order valence-corrected chi connectivity index (χ2v) is 10.1. The van der Waals surface area contributed by atoms with Gasteiger partial charge in [-0.2, -0.15) is 0 Å². The van der Waals surface area contributed by atoms with Crippen molar-refractivity contribution in [1.82, 2.24) is 19.9 Å². The monoisotopic (exact) mass is 525 g/mol. The summed E-state index contributed by atoms with van der Waals surface area (Å²) in [5.74, 6) is 0.661. The molecule has 2 aromatic heterocycles. The first kappa shape index (κ1) is 25.4. The predicted molar refractivity (Wildman–Crippen MR) is 160 cm³/mol. The summed E-state index contributed by atoms with van der Waals surface area (Å²) < 4.78 is 0. The number of aryl methyl sites for hydroxylation is 2. The Kier molecular flexibility index (Phi) is 7.06. The molecular formula is C34H31N5O. The zero-order valence-corrected chi connectivity index (χ0v) is 22.8. The third-order valence-electron chi connectivity index (χ3n) is 7.49. The van der Waals surface area contributed by atoms with E-state index < -0.39 is 0 Å². The average Bonchev–Trinajstić information content (AvgIpc) is 3.01. The lowest BCUT2D eigenvalue weighted by Gasteiger charge is -2.30. The zero-order valence-electron chi connectivity index (χ0n) is 22.8. The van der Waals surface area contributed by atoms with Gasteiger partial charge < -0.3 is 10.2 Å². The van der Waals surface area contributed by atoms with Crippen LogP contribution in [0.2, 0.25) is 0 Å². The Balaban J connectivity index is 1.30. The number of rotatable bonds is 5. The fourth-order valence-electron chi connectivity index (χ4n) is 5.34. The van der Waals surface area contributed by atoms with Gasteiger partial charge in [0, 0.05) is 47.7 Å². The highest BCUT2D eigenvalue weighted by Gasteiger charge is 2.27. The number of pyridine rings is 1. The van der Waals surface area contributed by atoms with Gasteiger partial charge in [0.15, 0.2) is 5.82 Å². The molecular weight excluding hydrogens is 494 g/mol. The number of anilines is 1. The topological polar surface area (TPSA) is 71.0 Å². The van der Waals surface area contributed by atoms with Crippen LogP contribution < -0.4 is 5.32 Å². The van der Waals surface area contributed by atoms with E-state index in [-0.39, 0.29) is 6.03 Å². The molecule has 1 aliphatic rings. The van der Waals surface area contributed by atoms with E-state index in [1.165, 1.54) is 16.7 Å². The van der Waals surface area contributed by atoms with Crippen molar-refractivity contribution in [2.45, 2.75) is 33.2 Å². The molecule has 0 radical (unpaired) electrons. The maximum Gasteiger partial charge on any atom is 0.322 e. The van der Waals surface area contributed by atoms with Gasteiger partial charge in [-0.15, -0.1) is 0 Å². The number of urea groups is 1. The summed E-state index contributed by atoms with van der Waals surface area (Å²) >= 11 is 0. The normalized spacial score (nSPS) is 12.6. The van der Waals surface area contributed by atoms with Crippen molar-refractivity contribution in [2.75, 3.05) is 11.9 Å². The Labute approximate surface area is 234 Å². The van der Waals surface area contributed by atoms with Gasteiger partial charge in [-0.25, -0.2) is 14.8 Å². The van der Waals surface area contributed by atoms with Gasteiger partial charge in [-0.1, -0.05) is 67.6 Å². The molecule has 1 aliphatic heterocycles. The summed E-state index contributed by atoms with van der Waals surface area (Å²) in [6, 6.07) is 28.5. The first-order valence-electron chi connectivity index (χ1n) is 13.7. The second kappa shape index (κ2) is 11.1. The molecule has 0 aliphatic carbocycles. The molecule has 6 rings (SSSR count). The SMILES string of the molecule is CCc1cc(NC(=O)N2CCc3nc(-c4cccnc4)nc(-c4ccccc4C)c3C2)ccc1-c1ccccc1. The quantitative estimate of drug-likeness (QED) is 0.261. The number of hydrogen-bond acceptors (Lipinski definition) is 4. The Bertz CT molecular complexity index is 1670. The minimum atomic E-state index is -0.118. The molecule has 0 saturated heterocycles. The van der Waals surface area contributed by atoms with Crippen molar-refractivity contribution in [1.29, 1.82) is 0 Å². The van der Waals surface area contributed by atoms with Crippen LogP contribution in [0.4, 0.5) is 10.5 Å². The highest BCUT2D eigenvalue weighted by atomic mass is 16.2. The van der Waals surface area contributed by atoms with Gasteiger partial charge in [0.25, 0.3) is 0 Å². The molecule has 0 bridgehead atoms. The molecule has 0 unspecified atom stereocenters. The van der Waals surface area contributed by atoms with E-state index in [2.05, 4.69) is 60.5 Å². The number of fused-ring (bicyclic) bond motifs is 1. The van der Waals surface area contributed by atoms with E-state index in [0.717, 1.165) is 45.7 Å². The van der Waals surface area contributed by atoms with Crippen molar-refractivity contribution in [3.8, 4) is 33.8 Å². The van der Waals surface area contributed by atoms with Crippen LogP contribution in [0.5, 0.6) is 0 Å².